The standard InChI is InChI=1S/C21H18N4/c1-3-24-19-7-5-4-6-16(19)17-13-15(8-9-20(17)24)18-10-11-22-21-12-14(2)23-25(18)21/h4-13H,3H2,1-2H3. The molecule has 25 heavy (non-hydrogen) atoms. The minimum Gasteiger partial charge on any atom is -0.341 e. The van der Waals surface area contributed by atoms with Gasteiger partial charge in [-0.15, -0.1) is 0 Å². The van der Waals surface area contributed by atoms with Crippen LogP contribution in [0.4, 0.5) is 0 Å². The van der Waals surface area contributed by atoms with Gasteiger partial charge in [0.1, 0.15) is 0 Å². The Morgan fingerprint density at radius 3 is 2.64 bits per heavy atom. The van der Waals surface area contributed by atoms with Crippen molar-refractivity contribution in [2.45, 2.75) is 20.4 Å². The molecule has 0 N–H and O–H groups in total. The average molecular weight is 326 g/mol. The summed E-state index contributed by atoms with van der Waals surface area (Å²) in [5.41, 5.74) is 6.63. The van der Waals surface area contributed by atoms with Crippen molar-refractivity contribution >= 4 is 27.5 Å². The van der Waals surface area contributed by atoms with Crippen LogP contribution in [-0.2, 0) is 6.54 Å². The van der Waals surface area contributed by atoms with Gasteiger partial charge in [-0.1, -0.05) is 24.3 Å². The van der Waals surface area contributed by atoms with Crippen molar-refractivity contribution in [1.29, 1.82) is 0 Å². The summed E-state index contributed by atoms with van der Waals surface area (Å²) in [7, 11) is 0. The van der Waals surface area contributed by atoms with Crippen LogP contribution >= 0.6 is 0 Å². The van der Waals surface area contributed by atoms with Gasteiger partial charge in [0.15, 0.2) is 5.65 Å². The number of para-hydroxylation sites is 1. The van der Waals surface area contributed by atoms with E-state index in [1.54, 1.807) is 0 Å². The third kappa shape index (κ3) is 2.00. The molecule has 3 heterocycles. The minimum absolute atomic E-state index is 0.881. The molecule has 0 aliphatic rings. The molecule has 5 rings (SSSR count). The summed E-state index contributed by atoms with van der Waals surface area (Å²) < 4.78 is 4.30. The molecular formula is C21H18N4. The summed E-state index contributed by atoms with van der Waals surface area (Å²) in [5.74, 6) is 0. The highest BCUT2D eigenvalue weighted by Gasteiger charge is 2.12. The largest absolute Gasteiger partial charge is 0.341 e. The van der Waals surface area contributed by atoms with Crippen LogP contribution in [0.1, 0.15) is 12.6 Å². The van der Waals surface area contributed by atoms with Crippen LogP contribution in [0.5, 0.6) is 0 Å². The molecule has 4 nitrogen and oxygen atoms in total. The number of nitrogens with zero attached hydrogens (tertiary/aromatic N) is 4. The first-order chi connectivity index (χ1) is 12.3. The molecule has 0 aliphatic heterocycles. The highest BCUT2D eigenvalue weighted by atomic mass is 15.3. The van der Waals surface area contributed by atoms with Gasteiger partial charge in [-0.05, 0) is 38.1 Å². The summed E-state index contributed by atoms with van der Waals surface area (Å²) in [5, 5.41) is 7.18. The van der Waals surface area contributed by atoms with Crippen molar-refractivity contribution in [3.8, 4) is 11.3 Å². The Morgan fingerprint density at radius 1 is 0.920 bits per heavy atom. The van der Waals surface area contributed by atoms with E-state index in [2.05, 4.69) is 64.0 Å². The lowest BCUT2D eigenvalue weighted by molar-refractivity contribution is 0.827. The third-order valence-corrected chi connectivity index (χ3v) is 4.86. The maximum atomic E-state index is 4.60. The van der Waals surface area contributed by atoms with Gasteiger partial charge in [0, 0.05) is 46.2 Å². The Hall–Kier alpha value is -3.14. The van der Waals surface area contributed by atoms with Gasteiger partial charge < -0.3 is 4.57 Å². The van der Waals surface area contributed by atoms with Gasteiger partial charge in [-0.3, -0.25) is 0 Å². The Labute approximate surface area is 145 Å². The maximum absolute atomic E-state index is 4.60. The van der Waals surface area contributed by atoms with E-state index in [4.69, 9.17) is 0 Å². The zero-order chi connectivity index (χ0) is 17.0. The Balaban J connectivity index is 1.84. The third-order valence-electron chi connectivity index (χ3n) is 4.86. The molecule has 0 bridgehead atoms. The van der Waals surface area contributed by atoms with E-state index in [0.717, 1.165) is 29.1 Å². The van der Waals surface area contributed by atoms with E-state index in [1.165, 1.54) is 21.8 Å². The molecule has 0 saturated heterocycles. The Kier molecular flexibility index (Phi) is 2.95. The van der Waals surface area contributed by atoms with Crippen molar-refractivity contribution in [3.63, 3.8) is 0 Å². The smallest absolute Gasteiger partial charge is 0.155 e. The minimum atomic E-state index is 0.881. The number of fused-ring (bicyclic) bond motifs is 4. The topological polar surface area (TPSA) is 35.1 Å². The first-order valence-corrected chi connectivity index (χ1v) is 8.59. The summed E-state index contributed by atoms with van der Waals surface area (Å²) in [6.45, 7) is 5.15. The van der Waals surface area contributed by atoms with Gasteiger partial charge in [0.25, 0.3) is 0 Å². The summed E-state index contributed by atoms with van der Waals surface area (Å²) in [6.07, 6.45) is 1.85. The molecule has 0 spiro atoms. The van der Waals surface area contributed by atoms with E-state index in [0.29, 0.717) is 0 Å². The molecule has 5 aromatic rings. The maximum Gasteiger partial charge on any atom is 0.155 e. The van der Waals surface area contributed by atoms with Gasteiger partial charge in [-0.2, -0.15) is 5.10 Å². The summed E-state index contributed by atoms with van der Waals surface area (Å²) >= 11 is 0. The molecule has 0 fully saturated rings. The van der Waals surface area contributed by atoms with Crippen LogP contribution in [-0.4, -0.2) is 19.2 Å². The average Bonchev–Trinajstić information content (AvgIpc) is 3.17. The van der Waals surface area contributed by atoms with Crippen LogP contribution in [0.25, 0.3) is 38.7 Å². The van der Waals surface area contributed by atoms with Crippen LogP contribution in [0.15, 0.2) is 60.8 Å². The molecule has 0 radical (unpaired) electrons. The number of benzene rings is 2. The van der Waals surface area contributed by atoms with Crippen LogP contribution in [0.3, 0.4) is 0 Å². The summed E-state index contributed by atoms with van der Waals surface area (Å²) in [6, 6.07) is 19.3. The molecule has 122 valence electrons. The number of aromatic nitrogens is 4. The van der Waals surface area contributed by atoms with Crippen molar-refractivity contribution in [3.05, 3.63) is 66.5 Å². The van der Waals surface area contributed by atoms with E-state index in [9.17, 15) is 0 Å². The predicted octanol–water partition coefficient (Wildman–Crippen LogP) is 4.83. The van der Waals surface area contributed by atoms with Crippen molar-refractivity contribution in [1.82, 2.24) is 19.2 Å². The zero-order valence-electron chi connectivity index (χ0n) is 14.3. The molecule has 3 aromatic heterocycles. The second kappa shape index (κ2) is 5.18. The number of rotatable bonds is 2. The van der Waals surface area contributed by atoms with Gasteiger partial charge in [-0.25, -0.2) is 9.50 Å². The summed E-state index contributed by atoms with van der Waals surface area (Å²) in [4.78, 5) is 4.41. The van der Waals surface area contributed by atoms with Crippen molar-refractivity contribution < 1.29 is 0 Å². The molecule has 0 amide bonds. The van der Waals surface area contributed by atoms with Crippen LogP contribution in [0.2, 0.25) is 0 Å². The van der Waals surface area contributed by atoms with Gasteiger partial charge in [0.05, 0.1) is 11.4 Å². The molecule has 0 unspecified atom stereocenters. The fourth-order valence-corrected chi connectivity index (χ4v) is 3.78. The molecule has 0 atom stereocenters. The number of hydrogen-bond acceptors (Lipinski definition) is 2. The van der Waals surface area contributed by atoms with Gasteiger partial charge >= 0.3 is 0 Å². The molecule has 2 aromatic carbocycles. The monoisotopic (exact) mass is 326 g/mol. The SMILES string of the molecule is CCn1c2ccccc2c2cc(-c3ccnc4cc(C)nn34)ccc21. The highest BCUT2D eigenvalue weighted by molar-refractivity contribution is 6.09. The van der Waals surface area contributed by atoms with Gasteiger partial charge in [0.2, 0.25) is 0 Å². The van der Waals surface area contributed by atoms with E-state index >= 15 is 0 Å². The van der Waals surface area contributed by atoms with E-state index in [1.807, 2.05) is 29.8 Å². The quantitative estimate of drug-likeness (QED) is 0.465. The second-order valence-electron chi connectivity index (χ2n) is 6.38. The molecule has 0 saturated carbocycles. The zero-order valence-corrected chi connectivity index (χ0v) is 14.3. The van der Waals surface area contributed by atoms with E-state index < -0.39 is 0 Å². The normalized spacial score (nSPS) is 11.8. The Bertz CT molecular complexity index is 1240. The predicted molar refractivity (Wildman–Crippen MR) is 102 cm³/mol. The fourth-order valence-electron chi connectivity index (χ4n) is 3.78. The lowest BCUT2D eigenvalue weighted by Crippen LogP contribution is -1.96. The van der Waals surface area contributed by atoms with E-state index in [-0.39, 0.29) is 0 Å². The first kappa shape index (κ1) is 14.2. The van der Waals surface area contributed by atoms with Crippen molar-refractivity contribution in [2.24, 2.45) is 0 Å². The van der Waals surface area contributed by atoms with Crippen LogP contribution < -0.4 is 0 Å². The lowest BCUT2D eigenvalue weighted by atomic mass is 10.1. The molecular weight excluding hydrogens is 308 g/mol. The number of aryl methyl sites for hydroxylation is 2. The molecule has 4 heteroatoms. The molecule has 0 aliphatic carbocycles. The first-order valence-electron chi connectivity index (χ1n) is 8.59. The Morgan fingerprint density at radius 2 is 1.76 bits per heavy atom. The highest BCUT2D eigenvalue weighted by Crippen LogP contribution is 2.32. The number of hydrogen-bond donors (Lipinski definition) is 0. The second-order valence-corrected chi connectivity index (χ2v) is 6.38. The van der Waals surface area contributed by atoms with Crippen molar-refractivity contribution in [2.75, 3.05) is 0 Å². The van der Waals surface area contributed by atoms with Crippen LogP contribution in [0, 0.1) is 6.92 Å². The lowest BCUT2D eigenvalue weighted by Gasteiger charge is -2.06. The fraction of sp³-hybridized carbons (Fsp3) is 0.143.